The van der Waals surface area contributed by atoms with Crippen LogP contribution >= 0.6 is 0 Å². The van der Waals surface area contributed by atoms with Crippen molar-refractivity contribution in [1.82, 2.24) is 15.1 Å². The zero-order valence-corrected chi connectivity index (χ0v) is 12.4. The highest BCUT2D eigenvalue weighted by Crippen LogP contribution is 2.29. The van der Waals surface area contributed by atoms with Crippen LogP contribution in [0.4, 0.5) is 0 Å². The second kappa shape index (κ2) is 5.97. The van der Waals surface area contributed by atoms with Gasteiger partial charge in [0.1, 0.15) is 6.04 Å². The first-order valence-corrected chi connectivity index (χ1v) is 7.55. The summed E-state index contributed by atoms with van der Waals surface area (Å²) in [6.45, 7) is 3.46. The van der Waals surface area contributed by atoms with Crippen LogP contribution in [0.1, 0.15) is 19.3 Å². The van der Waals surface area contributed by atoms with Crippen LogP contribution in [0.2, 0.25) is 0 Å². The molecule has 20 heavy (non-hydrogen) atoms. The molecule has 3 atom stereocenters. The summed E-state index contributed by atoms with van der Waals surface area (Å²) in [5.74, 6) is -0.0914. The third kappa shape index (κ3) is 2.57. The molecule has 3 rings (SSSR count). The number of nitrogens with one attached hydrogen (secondary N) is 1. The second-order valence-corrected chi connectivity index (χ2v) is 6.11. The smallest absolute Gasteiger partial charge is 0.323 e. The lowest BCUT2D eigenvalue weighted by atomic mass is 9.90. The zero-order valence-electron chi connectivity index (χ0n) is 12.4. The van der Waals surface area contributed by atoms with Crippen LogP contribution in [0.3, 0.4) is 0 Å². The van der Waals surface area contributed by atoms with Crippen molar-refractivity contribution in [1.29, 1.82) is 0 Å². The number of hydrogen-bond donors (Lipinski definition) is 1. The Morgan fingerprint density at radius 2 is 2.10 bits per heavy atom. The average molecular weight is 283 g/mol. The lowest BCUT2D eigenvalue weighted by Gasteiger charge is -2.46. The summed E-state index contributed by atoms with van der Waals surface area (Å²) in [7, 11) is 3.64. The van der Waals surface area contributed by atoms with Crippen LogP contribution in [0.25, 0.3) is 0 Å². The normalized spacial score (nSPS) is 36.8. The topological polar surface area (TPSA) is 54.0 Å². The molecule has 1 N–H and O–H groups in total. The summed E-state index contributed by atoms with van der Waals surface area (Å²) in [4.78, 5) is 16.9. The Morgan fingerprint density at radius 1 is 1.35 bits per heavy atom. The molecule has 0 spiro atoms. The predicted octanol–water partition coefficient (Wildman–Crippen LogP) is -0.358. The number of carbonyl (C=O) groups excluding carboxylic acids is 1. The van der Waals surface area contributed by atoms with Gasteiger partial charge in [-0.05, 0) is 26.3 Å². The van der Waals surface area contributed by atoms with Gasteiger partial charge in [0, 0.05) is 44.6 Å². The Bertz CT molecular complexity index is 360. The zero-order chi connectivity index (χ0) is 14.1. The van der Waals surface area contributed by atoms with Crippen LogP contribution in [0.15, 0.2) is 0 Å². The van der Waals surface area contributed by atoms with Crippen LogP contribution in [0, 0.1) is 0 Å². The molecule has 3 heterocycles. The van der Waals surface area contributed by atoms with Crippen molar-refractivity contribution in [3.05, 3.63) is 0 Å². The molecule has 0 bridgehead atoms. The summed E-state index contributed by atoms with van der Waals surface area (Å²) in [5, 5.41) is 3.51. The van der Waals surface area contributed by atoms with E-state index in [0.717, 1.165) is 45.7 Å². The Kier molecular flexibility index (Phi) is 4.26. The van der Waals surface area contributed by atoms with Crippen molar-refractivity contribution in [3.63, 3.8) is 0 Å². The number of methoxy groups -OCH3 is 1. The minimum absolute atomic E-state index is 0.0914. The highest BCUT2D eigenvalue weighted by atomic mass is 16.5. The number of ether oxygens (including phenoxy) is 2. The number of nitrogens with zero attached hydrogens (tertiary/aromatic N) is 2. The fraction of sp³-hybridized carbons (Fsp3) is 0.929. The summed E-state index contributed by atoms with van der Waals surface area (Å²) >= 11 is 0. The molecule has 0 aromatic heterocycles. The molecule has 6 nitrogen and oxygen atoms in total. The monoisotopic (exact) mass is 283 g/mol. The molecule has 0 aliphatic carbocycles. The molecule has 0 amide bonds. The van der Waals surface area contributed by atoms with Gasteiger partial charge in [0.2, 0.25) is 0 Å². The first kappa shape index (κ1) is 14.3. The van der Waals surface area contributed by atoms with Crippen LogP contribution in [-0.4, -0.2) is 80.5 Å². The van der Waals surface area contributed by atoms with Crippen molar-refractivity contribution < 1.29 is 14.3 Å². The number of hydrogen-bond acceptors (Lipinski definition) is 6. The predicted molar refractivity (Wildman–Crippen MR) is 74.3 cm³/mol. The number of piperidine rings is 1. The minimum atomic E-state index is -0.108. The number of likely N-dealkylation sites (N-methyl/N-ethyl adjacent to an activating group) is 1. The third-order valence-corrected chi connectivity index (χ3v) is 5.04. The van der Waals surface area contributed by atoms with Crippen molar-refractivity contribution >= 4 is 5.97 Å². The Hall–Kier alpha value is -0.690. The molecule has 114 valence electrons. The van der Waals surface area contributed by atoms with Gasteiger partial charge in [-0.1, -0.05) is 0 Å². The van der Waals surface area contributed by atoms with E-state index in [2.05, 4.69) is 22.2 Å². The minimum Gasteiger partial charge on any atom is -0.468 e. The van der Waals surface area contributed by atoms with Gasteiger partial charge in [-0.25, -0.2) is 0 Å². The standard InChI is InChI=1S/C14H25N3O3/c1-16-9-15-11-7-12(14(18)19-2)17(8-13(11)16)10-3-5-20-6-4-10/h10-13,15H,3-9H2,1-2H3/t11?,12-,13?/m0/s1. The molecular formula is C14H25N3O3. The maximum Gasteiger partial charge on any atom is 0.323 e. The summed E-state index contributed by atoms with van der Waals surface area (Å²) in [6.07, 6.45) is 2.88. The van der Waals surface area contributed by atoms with Gasteiger partial charge in [-0.2, -0.15) is 0 Å². The molecule has 3 fully saturated rings. The Labute approximate surface area is 120 Å². The molecule has 0 saturated carbocycles. The SMILES string of the molecule is COC(=O)[C@@H]1CC2NCN(C)C2CN1C1CCOCC1. The fourth-order valence-electron chi connectivity index (χ4n) is 3.84. The highest BCUT2D eigenvalue weighted by molar-refractivity contribution is 5.76. The fourth-order valence-corrected chi connectivity index (χ4v) is 3.84. The first-order chi connectivity index (χ1) is 9.70. The number of carbonyl (C=O) groups is 1. The number of likely N-dealkylation sites (tertiary alicyclic amines) is 1. The summed E-state index contributed by atoms with van der Waals surface area (Å²) in [5.41, 5.74) is 0. The largest absolute Gasteiger partial charge is 0.468 e. The quantitative estimate of drug-likeness (QED) is 0.699. The average Bonchev–Trinajstić information content (AvgIpc) is 2.87. The van der Waals surface area contributed by atoms with E-state index in [1.165, 1.54) is 7.11 Å². The number of fused-ring (bicyclic) bond motifs is 1. The van der Waals surface area contributed by atoms with Crippen LogP contribution in [0.5, 0.6) is 0 Å². The van der Waals surface area contributed by atoms with E-state index in [-0.39, 0.29) is 12.0 Å². The van der Waals surface area contributed by atoms with Crippen molar-refractivity contribution in [3.8, 4) is 0 Å². The highest BCUT2D eigenvalue weighted by Gasteiger charge is 2.45. The Morgan fingerprint density at radius 3 is 2.80 bits per heavy atom. The van der Waals surface area contributed by atoms with E-state index in [0.29, 0.717) is 18.1 Å². The van der Waals surface area contributed by atoms with Gasteiger partial charge in [0.15, 0.2) is 0 Å². The molecule has 0 radical (unpaired) electrons. The van der Waals surface area contributed by atoms with Crippen molar-refractivity contribution in [2.45, 2.75) is 43.4 Å². The lowest BCUT2D eigenvalue weighted by molar-refractivity contribution is -0.151. The molecule has 0 aromatic rings. The lowest BCUT2D eigenvalue weighted by Crippen LogP contribution is -2.61. The number of rotatable bonds is 2. The maximum atomic E-state index is 12.2. The third-order valence-electron chi connectivity index (χ3n) is 5.04. The molecule has 6 heteroatoms. The molecule has 3 aliphatic rings. The molecule has 2 unspecified atom stereocenters. The summed E-state index contributed by atoms with van der Waals surface area (Å²) < 4.78 is 10.5. The van der Waals surface area contributed by atoms with Gasteiger partial charge in [-0.15, -0.1) is 0 Å². The van der Waals surface area contributed by atoms with Gasteiger partial charge in [0.25, 0.3) is 0 Å². The molecular weight excluding hydrogens is 258 g/mol. The van der Waals surface area contributed by atoms with Crippen molar-refractivity contribution in [2.75, 3.05) is 40.6 Å². The van der Waals surface area contributed by atoms with E-state index < -0.39 is 0 Å². The Balaban J connectivity index is 1.77. The van der Waals surface area contributed by atoms with E-state index >= 15 is 0 Å². The maximum absolute atomic E-state index is 12.2. The van der Waals surface area contributed by atoms with Gasteiger partial charge >= 0.3 is 5.97 Å². The first-order valence-electron chi connectivity index (χ1n) is 7.55. The van der Waals surface area contributed by atoms with Gasteiger partial charge < -0.3 is 9.47 Å². The van der Waals surface area contributed by atoms with E-state index in [1.807, 2.05) is 0 Å². The number of esters is 1. The second-order valence-electron chi connectivity index (χ2n) is 6.11. The van der Waals surface area contributed by atoms with Gasteiger partial charge in [0.05, 0.1) is 7.11 Å². The van der Waals surface area contributed by atoms with Crippen LogP contribution in [-0.2, 0) is 14.3 Å². The van der Waals surface area contributed by atoms with E-state index in [9.17, 15) is 4.79 Å². The van der Waals surface area contributed by atoms with Crippen molar-refractivity contribution in [2.24, 2.45) is 0 Å². The van der Waals surface area contributed by atoms with E-state index in [4.69, 9.17) is 9.47 Å². The van der Waals surface area contributed by atoms with Gasteiger partial charge in [-0.3, -0.25) is 19.9 Å². The molecule has 3 aliphatic heterocycles. The van der Waals surface area contributed by atoms with E-state index in [1.54, 1.807) is 0 Å². The van der Waals surface area contributed by atoms with Crippen LogP contribution < -0.4 is 5.32 Å². The molecule has 0 aromatic carbocycles. The molecule has 3 saturated heterocycles. The summed E-state index contributed by atoms with van der Waals surface area (Å²) in [6, 6.07) is 1.24.